The second-order valence-corrected chi connectivity index (χ2v) is 7.29. The molecule has 0 aliphatic carbocycles. The van der Waals surface area contributed by atoms with E-state index in [1.54, 1.807) is 23.1 Å². The molecule has 8 heteroatoms. The predicted molar refractivity (Wildman–Crippen MR) is 118 cm³/mol. The minimum atomic E-state index is -0.345. The molecule has 0 bridgehead atoms. The summed E-state index contributed by atoms with van der Waals surface area (Å²) < 4.78 is 16.5. The third-order valence-corrected chi connectivity index (χ3v) is 4.96. The highest BCUT2D eigenvalue weighted by molar-refractivity contribution is 6.01. The number of aromatic amines is 1. The average molecular weight is 418 g/mol. The molecule has 0 unspecified atom stereocenters. The van der Waals surface area contributed by atoms with Crippen LogP contribution >= 0.6 is 0 Å². The summed E-state index contributed by atoms with van der Waals surface area (Å²) in [6.45, 7) is 4.52. The Morgan fingerprint density at radius 1 is 1.13 bits per heavy atom. The molecular weight excluding hydrogens is 395 g/mol. The lowest BCUT2D eigenvalue weighted by Gasteiger charge is -2.03. The molecule has 4 aromatic rings. The Morgan fingerprint density at radius 3 is 2.52 bits per heavy atom. The van der Waals surface area contributed by atoms with E-state index in [1.165, 1.54) is 23.1 Å². The number of halogens is 1. The Morgan fingerprint density at radius 2 is 1.87 bits per heavy atom. The molecule has 2 heterocycles. The van der Waals surface area contributed by atoms with Crippen molar-refractivity contribution in [2.75, 3.05) is 0 Å². The summed E-state index contributed by atoms with van der Waals surface area (Å²) >= 11 is 0. The molecule has 0 spiro atoms. The number of rotatable bonds is 7. The Labute approximate surface area is 178 Å². The highest BCUT2D eigenvalue weighted by Gasteiger charge is 2.17. The SMILES string of the molecule is CCCc1[nH]n(-c2ccc(F)cc2)c(=O)c1C(C)=Nc1ccc(Cn2cncn2)cc1. The van der Waals surface area contributed by atoms with Gasteiger partial charge in [-0.15, -0.1) is 0 Å². The maximum Gasteiger partial charge on any atom is 0.280 e. The van der Waals surface area contributed by atoms with Crippen molar-refractivity contribution in [3.8, 4) is 5.69 Å². The molecule has 0 saturated heterocycles. The molecule has 158 valence electrons. The zero-order chi connectivity index (χ0) is 21.8. The first-order valence-electron chi connectivity index (χ1n) is 10.1. The van der Waals surface area contributed by atoms with Crippen LogP contribution in [0.3, 0.4) is 0 Å². The second-order valence-electron chi connectivity index (χ2n) is 7.29. The summed E-state index contributed by atoms with van der Waals surface area (Å²) in [5, 5.41) is 7.28. The summed E-state index contributed by atoms with van der Waals surface area (Å²) in [7, 11) is 0. The van der Waals surface area contributed by atoms with Crippen LogP contribution in [0.5, 0.6) is 0 Å². The van der Waals surface area contributed by atoms with Crippen LogP contribution in [0.25, 0.3) is 5.69 Å². The predicted octanol–water partition coefficient (Wildman–Crippen LogP) is 4.04. The van der Waals surface area contributed by atoms with Crippen LogP contribution in [0.1, 0.15) is 37.1 Å². The Hall–Kier alpha value is -3.81. The first-order chi connectivity index (χ1) is 15.0. The van der Waals surface area contributed by atoms with Crippen molar-refractivity contribution < 1.29 is 4.39 Å². The fourth-order valence-electron chi connectivity index (χ4n) is 3.49. The summed E-state index contributed by atoms with van der Waals surface area (Å²) in [6, 6.07) is 13.6. The quantitative estimate of drug-likeness (QED) is 0.460. The van der Waals surface area contributed by atoms with E-state index in [0.29, 0.717) is 29.9 Å². The smallest absolute Gasteiger partial charge is 0.280 e. The molecule has 1 N–H and O–H groups in total. The van der Waals surface area contributed by atoms with E-state index in [0.717, 1.165) is 23.4 Å². The van der Waals surface area contributed by atoms with Crippen LogP contribution in [-0.4, -0.2) is 30.3 Å². The zero-order valence-corrected chi connectivity index (χ0v) is 17.4. The van der Waals surface area contributed by atoms with E-state index in [4.69, 9.17) is 0 Å². The van der Waals surface area contributed by atoms with Gasteiger partial charge in [-0.2, -0.15) is 5.10 Å². The van der Waals surface area contributed by atoms with Crippen molar-refractivity contribution in [3.63, 3.8) is 0 Å². The first-order valence-corrected chi connectivity index (χ1v) is 10.1. The first kappa shape index (κ1) is 20.5. The van der Waals surface area contributed by atoms with E-state index in [2.05, 4.69) is 27.1 Å². The van der Waals surface area contributed by atoms with Crippen LogP contribution in [0.15, 0.2) is 71.0 Å². The van der Waals surface area contributed by atoms with Gasteiger partial charge in [-0.1, -0.05) is 25.5 Å². The molecule has 2 aromatic heterocycles. The molecule has 0 amide bonds. The van der Waals surface area contributed by atoms with Crippen LogP contribution in [0.2, 0.25) is 0 Å². The van der Waals surface area contributed by atoms with Gasteiger partial charge in [-0.05, 0) is 55.3 Å². The number of hydrogen-bond donors (Lipinski definition) is 1. The fourth-order valence-corrected chi connectivity index (χ4v) is 3.49. The average Bonchev–Trinajstić information content (AvgIpc) is 3.38. The Kier molecular flexibility index (Phi) is 5.88. The van der Waals surface area contributed by atoms with E-state index in [9.17, 15) is 9.18 Å². The Balaban J connectivity index is 1.65. The van der Waals surface area contributed by atoms with Gasteiger partial charge >= 0.3 is 0 Å². The molecule has 0 atom stereocenters. The summed E-state index contributed by atoms with van der Waals surface area (Å²) in [4.78, 5) is 21.8. The molecule has 0 aliphatic rings. The molecule has 0 fully saturated rings. The van der Waals surface area contributed by atoms with Gasteiger partial charge in [-0.25, -0.2) is 18.7 Å². The maximum absolute atomic E-state index is 13.3. The summed E-state index contributed by atoms with van der Waals surface area (Å²) in [5.41, 5.74) is 4.23. The summed E-state index contributed by atoms with van der Waals surface area (Å²) in [6.07, 6.45) is 4.76. The topological polar surface area (TPSA) is 80.9 Å². The van der Waals surface area contributed by atoms with Crippen molar-refractivity contribution >= 4 is 11.4 Å². The van der Waals surface area contributed by atoms with Gasteiger partial charge < -0.3 is 0 Å². The van der Waals surface area contributed by atoms with Crippen molar-refractivity contribution in [2.24, 2.45) is 4.99 Å². The second kappa shape index (κ2) is 8.91. The highest BCUT2D eigenvalue weighted by atomic mass is 19.1. The van der Waals surface area contributed by atoms with Crippen molar-refractivity contribution in [1.29, 1.82) is 0 Å². The Bertz CT molecular complexity index is 1230. The lowest BCUT2D eigenvalue weighted by Crippen LogP contribution is -2.19. The fraction of sp³-hybridized carbons (Fsp3) is 0.217. The minimum Gasteiger partial charge on any atom is -0.294 e. The molecule has 7 nitrogen and oxygen atoms in total. The van der Waals surface area contributed by atoms with Gasteiger partial charge in [0.25, 0.3) is 5.56 Å². The van der Waals surface area contributed by atoms with E-state index >= 15 is 0 Å². The van der Waals surface area contributed by atoms with Gasteiger partial charge in [0.1, 0.15) is 18.5 Å². The molecule has 4 rings (SSSR count). The number of nitrogens with one attached hydrogen (secondary N) is 1. The van der Waals surface area contributed by atoms with Crippen LogP contribution < -0.4 is 5.56 Å². The number of aliphatic imine (C=N–C) groups is 1. The lowest BCUT2D eigenvalue weighted by atomic mass is 10.1. The van der Waals surface area contributed by atoms with Crippen LogP contribution in [-0.2, 0) is 13.0 Å². The zero-order valence-electron chi connectivity index (χ0n) is 17.4. The van der Waals surface area contributed by atoms with E-state index < -0.39 is 0 Å². The number of benzene rings is 2. The number of nitrogens with zero attached hydrogens (tertiary/aromatic N) is 5. The third kappa shape index (κ3) is 4.53. The van der Waals surface area contributed by atoms with Gasteiger partial charge in [0.2, 0.25) is 0 Å². The highest BCUT2D eigenvalue weighted by Crippen LogP contribution is 2.17. The normalized spacial score (nSPS) is 11.8. The van der Waals surface area contributed by atoms with E-state index in [-0.39, 0.29) is 11.4 Å². The number of aromatic nitrogens is 5. The van der Waals surface area contributed by atoms with Crippen molar-refractivity contribution in [2.45, 2.75) is 33.2 Å². The van der Waals surface area contributed by atoms with E-state index in [1.807, 2.05) is 31.2 Å². The minimum absolute atomic E-state index is 0.195. The number of H-pyrrole nitrogens is 1. The van der Waals surface area contributed by atoms with Gasteiger partial charge in [0.15, 0.2) is 0 Å². The maximum atomic E-state index is 13.3. The summed E-state index contributed by atoms with van der Waals surface area (Å²) in [5.74, 6) is -0.345. The van der Waals surface area contributed by atoms with Crippen molar-refractivity contribution in [3.05, 3.63) is 94.2 Å². The molecule has 31 heavy (non-hydrogen) atoms. The number of aryl methyl sites for hydroxylation is 1. The largest absolute Gasteiger partial charge is 0.294 e. The van der Waals surface area contributed by atoms with Gasteiger partial charge in [0, 0.05) is 5.69 Å². The number of hydrogen-bond acceptors (Lipinski definition) is 4. The monoisotopic (exact) mass is 418 g/mol. The molecule has 0 aliphatic heterocycles. The molecule has 2 aromatic carbocycles. The lowest BCUT2D eigenvalue weighted by molar-refractivity contribution is 0.626. The van der Waals surface area contributed by atoms with Gasteiger partial charge in [-0.3, -0.25) is 14.9 Å². The standard InChI is InChI=1S/C23H23FN6O/c1-3-4-21-22(23(31)30(28-21)20-11-7-18(24)8-12-20)16(2)27-19-9-5-17(6-10-19)13-29-15-25-14-26-29/h5-12,14-15,28H,3-4,13H2,1-2H3. The molecule has 0 saturated carbocycles. The van der Waals surface area contributed by atoms with Crippen LogP contribution in [0, 0.1) is 5.82 Å². The molecular formula is C23H23FN6O. The van der Waals surface area contributed by atoms with Crippen molar-refractivity contribution in [1.82, 2.24) is 24.5 Å². The van der Waals surface area contributed by atoms with Gasteiger partial charge in [0.05, 0.1) is 29.2 Å². The third-order valence-electron chi connectivity index (χ3n) is 4.96. The van der Waals surface area contributed by atoms with Crippen LogP contribution in [0.4, 0.5) is 10.1 Å². The molecule has 0 radical (unpaired) electrons.